The molecule has 1 N–H and O–H groups in total. The third-order valence-corrected chi connectivity index (χ3v) is 8.16. The number of hydrogen-bond acceptors (Lipinski definition) is 6. The van der Waals surface area contributed by atoms with Crippen LogP contribution in [0.3, 0.4) is 0 Å². The van der Waals surface area contributed by atoms with Gasteiger partial charge in [-0.15, -0.1) is 11.3 Å². The Kier molecular flexibility index (Phi) is 7.16. The molecule has 5 rings (SSSR count). The molecule has 0 unspecified atom stereocenters. The minimum absolute atomic E-state index is 0.233. The van der Waals surface area contributed by atoms with E-state index in [9.17, 15) is 18.0 Å². The largest absolute Gasteiger partial charge is 0.475 e. The van der Waals surface area contributed by atoms with Crippen molar-refractivity contribution in [2.24, 2.45) is 7.05 Å². The molecule has 2 aliphatic rings. The summed E-state index contributed by atoms with van der Waals surface area (Å²) in [6.07, 6.45) is -0.825. The second-order valence-corrected chi connectivity index (χ2v) is 10.9. The minimum Gasteiger partial charge on any atom is -0.475 e. The lowest BCUT2D eigenvalue weighted by Gasteiger charge is -2.38. The van der Waals surface area contributed by atoms with Crippen LogP contribution in [0, 0.1) is 0 Å². The first kappa shape index (κ1) is 25.9. The maximum atomic E-state index is 15.6. The number of halogens is 4. The highest BCUT2D eigenvalue weighted by atomic mass is 32.1. The molecule has 3 aromatic rings. The van der Waals surface area contributed by atoms with Crippen LogP contribution in [0.1, 0.15) is 40.1 Å². The van der Waals surface area contributed by atoms with E-state index in [0.717, 1.165) is 34.3 Å². The second-order valence-electron chi connectivity index (χ2n) is 9.81. The number of aryl methyl sites for hydroxylation is 1. The van der Waals surface area contributed by atoms with Gasteiger partial charge in [0.1, 0.15) is 5.67 Å². The molecule has 1 saturated heterocycles. The fourth-order valence-electron chi connectivity index (χ4n) is 4.97. The first-order valence-electron chi connectivity index (χ1n) is 12.3. The van der Waals surface area contributed by atoms with Gasteiger partial charge in [0.2, 0.25) is 0 Å². The summed E-state index contributed by atoms with van der Waals surface area (Å²) in [5, 5.41) is 7.16. The number of nitrogens with one attached hydrogen (secondary N) is 1. The SMILES string of the molecule is Cn1cc2c(C(=O)NN3CCC(F)(CCN4CCc5sc(OCC(F)(F)F)cc5C4)CC3)cccc2n1. The summed E-state index contributed by atoms with van der Waals surface area (Å²) in [7, 11) is 1.81. The summed E-state index contributed by atoms with van der Waals surface area (Å²) in [5.41, 5.74) is 3.83. The quantitative estimate of drug-likeness (QED) is 0.449. The molecule has 1 fully saturated rings. The van der Waals surface area contributed by atoms with E-state index >= 15 is 4.39 Å². The predicted molar refractivity (Wildman–Crippen MR) is 132 cm³/mol. The number of aromatic nitrogens is 2. The molecule has 0 bridgehead atoms. The number of thiophene rings is 1. The molecule has 37 heavy (non-hydrogen) atoms. The van der Waals surface area contributed by atoms with Gasteiger partial charge in [0, 0.05) is 56.2 Å². The van der Waals surface area contributed by atoms with E-state index < -0.39 is 18.5 Å². The average Bonchev–Trinajstić information content (AvgIpc) is 3.44. The number of ether oxygens (including phenoxy) is 1. The number of carbonyl (C=O) groups excluding carboxylic acids is 1. The van der Waals surface area contributed by atoms with E-state index in [1.54, 1.807) is 34.9 Å². The number of alkyl halides is 4. The molecule has 2 aliphatic heterocycles. The Bertz CT molecular complexity index is 1270. The van der Waals surface area contributed by atoms with Gasteiger partial charge in [-0.3, -0.25) is 19.8 Å². The summed E-state index contributed by atoms with van der Waals surface area (Å²) >= 11 is 1.26. The molecule has 2 aromatic heterocycles. The second kappa shape index (κ2) is 10.2. The van der Waals surface area contributed by atoms with Crippen LogP contribution in [0.4, 0.5) is 17.6 Å². The molecule has 1 amide bonds. The maximum Gasteiger partial charge on any atom is 0.422 e. The third-order valence-electron chi connectivity index (χ3n) is 7.01. The van der Waals surface area contributed by atoms with E-state index in [2.05, 4.69) is 15.4 Å². The summed E-state index contributed by atoms with van der Waals surface area (Å²) in [4.78, 5) is 16.1. The van der Waals surface area contributed by atoms with Crippen molar-refractivity contribution in [2.75, 3.05) is 32.8 Å². The van der Waals surface area contributed by atoms with Crippen molar-refractivity contribution in [1.29, 1.82) is 0 Å². The van der Waals surface area contributed by atoms with Gasteiger partial charge < -0.3 is 4.74 Å². The highest BCUT2D eigenvalue weighted by Gasteiger charge is 2.36. The molecule has 4 heterocycles. The van der Waals surface area contributed by atoms with Crippen LogP contribution in [-0.2, 0) is 20.0 Å². The molecule has 0 radical (unpaired) electrons. The number of benzene rings is 1. The van der Waals surface area contributed by atoms with Gasteiger partial charge in [-0.25, -0.2) is 9.40 Å². The van der Waals surface area contributed by atoms with Crippen LogP contribution in [0.2, 0.25) is 0 Å². The van der Waals surface area contributed by atoms with Gasteiger partial charge in [-0.05, 0) is 49.4 Å². The molecule has 0 atom stereocenters. The molecule has 200 valence electrons. The van der Waals surface area contributed by atoms with Crippen molar-refractivity contribution in [3.8, 4) is 5.06 Å². The van der Waals surface area contributed by atoms with Crippen LogP contribution in [-0.4, -0.2) is 70.2 Å². The molecule has 0 spiro atoms. The van der Waals surface area contributed by atoms with Crippen LogP contribution < -0.4 is 10.2 Å². The number of rotatable bonds is 7. The number of carbonyl (C=O) groups is 1. The van der Waals surface area contributed by atoms with Gasteiger partial charge >= 0.3 is 6.18 Å². The van der Waals surface area contributed by atoms with Gasteiger partial charge in [0.05, 0.1) is 11.1 Å². The number of amides is 1. The highest BCUT2D eigenvalue weighted by molar-refractivity contribution is 7.14. The summed E-state index contributed by atoms with van der Waals surface area (Å²) in [5.74, 6) is -0.233. The topological polar surface area (TPSA) is 62.6 Å². The van der Waals surface area contributed by atoms with Crippen LogP contribution in [0.25, 0.3) is 10.9 Å². The fraction of sp³-hybridized carbons (Fsp3) is 0.520. The summed E-state index contributed by atoms with van der Waals surface area (Å²) < 4.78 is 59.4. The van der Waals surface area contributed by atoms with Crippen LogP contribution in [0.15, 0.2) is 30.5 Å². The fourth-order valence-corrected chi connectivity index (χ4v) is 5.98. The van der Waals surface area contributed by atoms with Crippen molar-refractivity contribution < 1.29 is 27.1 Å². The monoisotopic (exact) mass is 539 g/mol. The van der Waals surface area contributed by atoms with Gasteiger partial charge in [0.25, 0.3) is 5.91 Å². The van der Waals surface area contributed by atoms with Crippen molar-refractivity contribution in [1.82, 2.24) is 25.1 Å². The number of nitrogens with zero attached hydrogens (tertiary/aromatic N) is 4. The molecule has 0 aliphatic carbocycles. The molecule has 0 saturated carbocycles. The molecule has 7 nitrogen and oxygen atoms in total. The maximum absolute atomic E-state index is 15.6. The Hall–Kier alpha value is -2.70. The summed E-state index contributed by atoms with van der Waals surface area (Å²) in [6.45, 7) is 1.43. The highest BCUT2D eigenvalue weighted by Crippen LogP contribution is 2.35. The molecular weight excluding hydrogens is 510 g/mol. The lowest BCUT2D eigenvalue weighted by atomic mass is 9.90. The van der Waals surface area contributed by atoms with Gasteiger partial charge in [-0.1, -0.05) is 6.07 Å². The Morgan fingerprint density at radius 1 is 1.24 bits per heavy atom. The normalized spacial score (nSPS) is 18.6. The van der Waals surface area contributed by atoms with Gasteiger partial charge in [0.15, 0.2) is 11.7 Å². The number of fused-ring (bicyclic) bond motifs is 2. The third kappa shape index (κ3) is 6.24. The number of hydrogen-bond donors (Lipinski definition) is 1. The smallest absolute Gasteiger partial charge is 0.422 e. The van der Waals surface area contributed by atoms with E-state index in [0.29, 0.717) is 51.0 Å². The van der Waals surface area contributed by atoms with Crippen LogP contribution >= 0.6 is 11.3 Å². The Morgan fingerprint density at radius 2 is 2.03 bits per heavy atom. The standard InChI is InChI=1S/C25H29F4N5O2S/c1-32-15-19-18(3-2-4-20(19)30-32)23(35)31-34-11-7-24(26,8-12-34)6-10-33-9-5-21-17(14-33)13-22(37-21)36-16-25(27,28)29/h2-4,13,15H,5-12,14,16H2,1H3,(H,31,35). The zero-order valence-corrected chi connectivity index (χ0v) is 21.3. The van der Waals surface area contributed by atoms with Crippen molar-refractivity contribution in [3.63, 3.8) is 0 Å². The zero-order valence-electron chi connectivity index (χ0n) is 20.5. The van der Waals surface area contributed by atoms with E-state index in [-0.39, 0.29) is 11.0 Å². The van der Waals surface area contributed by atoms with E-state index in [4.69, 9.17) is 4.74 Å². The average molecular weight is 540 g/mol. The Morgan fingerprint density at radius 3 is 2.78 bits per heavy atom. The first-order valence-corrected chi connectivity index (χ1v) is 13.1. The molecule has 12 heteroatoms. The minimum atomic E-state index is -4.36. The Labute approximate surface area is 215 Å². The number of hydrazine groups is 1. The van der Waals surface area contributed by atoms with Crippen molar-refractivity contribution >= 4 is 28.1 Å². The van der Waals surface area contributed by atoms with Crippen LogP contribution in [0.5, 0.6) is 5.06 Å². The first-order chi connectivity index (χ1) is 17.6. The Balaban J connectivity index is 1.09. The molecule has 1 aromatic carbocycles. The zero-order chi connectivity index (χ0) is 26.2. The number of piperidine rings is 1. The van der Waals surface area contributed by atoms with E-state index in [1.807, 2.05) is 12.3 Å². The predicted octanol–water partition coefficient (Wildman–Crippen LogP) is 4.47. The van der Waals surface area contributed by atoms with E-state index in [1.165, 1.54) is 11.3 Å². The van der Waals surface area contributed by atoms with Crippen molar-refractivity contribution in [3.05, 3.63) is 46.5 Å². The summed E-state index contributed by atoms with van der Waals surface area (Å²) in [6, 6.07) is 7.08. The molecular formula is C25H29F4N5O2S. The van der Waals surface area contributed by atoms with Crippen molar-refractivity contribution in [2.45, 2.75) is 44.1 Å². The lowest BCUT2D eigenvalue weighted by Crippen LogP contribution is -2.51. The van der Waals surface area contributed by atoms with Gasteiger partial charge in [-0.2, -0.15) is 18.3 Å². The lowest BCUT2D eigenvalue weighted by molar-refractivity contribution is -0.152.